The van der Waals surface area contributed by atoms with Crippen LogP contribution in [0.1, 0.15) is 45.4 Å². The summed E-state index contributed by atoms with van der Waals surface area (Å²) in [4.78, 5) is 12.4. The van der Waals surface area contributed by atoms with E-state index in [1.54, 1.807) is 0 Å². The summed E-state index contributed by atoms with van der Waals surface area (Å²) in [6.07, 6.45) is 6.50. The fourth-order valence-corrected chi connectivity index (χ4v) is 4.51. The molecule has 3 fully saturated rings. The average molecular weight is 254 g/mol. The predicted octanol–water partition coefficient (Wildman–Crippen LogP) is 3.05. The predicted molar refractivity (Wildman–Crippen MR) is 70.3 cm³/mol. The van der Waals surface area contributed by atoms with Gasteiger partial charge in [-0.25, -0.2) is 0 Å². The maximum Gasteiger partial charge on any atom is 0.142 e. The van der Waals surface area contributed by atoms with Crippen LogP contribution in [0.25, 0.3) is 0 Å². The monoisotopic (exact) mass is 254 g/mol. The van der Waals surface area contributed by atoms with E-state index < -0.39 is 0 Å². The third kappa shape index (κ3) is 2.28. The number of ether oxygens (including phenoxy) is 1. The average Bonchev–Trinajstić information content (AvgIpc) is 3.09. The Hall–Kier alpha value is -0.0200. The number of Topliss-reactive ketones (excluding diaryl/α,β-unsaturated/α-hetero) is 1. The Morgan fingerprint density at radius 2 is 1.94 bits per heavy atom. The Bertz CT molecular complexity index is 311. The van der Waals surface area contributed by atoms with Crippen molar-refractivity contribution < 1.29 is 9.53 Å². The van der Waals surface area contributed by atoms with Crippen LogP contribution < -0.4 is 0 Å². The first-order chi connectivity index (χ1) is 8.14. The fourth-order valence-electron chi connectivity index (χ4n) is 3.27. The summed E-state index contributed by atoms with van der Waals surface area (Å²) in [5.74, 6) is 3.24. The molecule has 1 spiro atoms. The van der Waals surface area contributed by atoms with Gasteiger partial charge in [-0.15, -0.1) is 0 Å². The maximum atomic E-state index is 12.4. The Balaban J connectivity index is 1.68. The van der Waals surface area contributed by atoms with Crippen molar-refractivity contribution in [3.05, 3.63) is 0 Å². The quantitative estimate of drug-likeness (QED) is 0.757. The van der Waals surface area contributed by atoms with Crippen LogP contribution >= 0.6 is 11.8 Å². The first-order valence-electron chi connectivity index (χ1n) is 6.90. The van der Waals surface area contributed by atoms with Gasteiger partial charge in [0.25, 0.3) is 0 Å². The molecule has 3 heteroatoms. The van der Waals surface area contributed by atoms with Crippen molar-refractivity contribution in [2.75, 3.05) is 18.1 Å². The van der Waals surface area contributed by atoms with Gasteiger partial charge in [-0.3, -0.25) is 4.79 Å². The number of hydrogen-bond acceptors (Lipinski definition) is 3. The van der Waals surface area contributed by atoms with Gasteiger partial charge in [0.1, 0.15) is 5.78 Å². The van der Waals surface area contributed by atoms with E-state index in [-0.39, 0.29) is 11.0 Å². The topological polar surface area (TPSA) is 26.3 Å². The summed E-state index contributed by atoms with van der Waals surface area (Å²) in [7, 11) is 0. The molecule has 96 valence electrons. The van der Waals surface area contributed by atoms with Crippen LogP contribution in [0.3, 0.4) is 0 Å². The molecule has 0 aromatic heterocycles. The molecule has 17 heavy (non-hydrogen) atoms. The van der Waals surface area contributed by atoms with Gasteiger partial charge in [-0.2, -0.15) is 11.8 Å². The zero-order valence-electron chi connectivity index (χ0n) is 10.7. The van der Waals surface area contributed by atoms with E-state index in [0.29, 0.717) is 11.7 Å². The molecule has 0 aromatic carbocycles. The second-order valence-electron chi connectivity index (χ2n) is 6.26. The normalized spacial score (nSPS) is 34.5. The molecule has 1 aliphatic carbocycles. The number of carbonyl (C=O) groups is 1. The van der Waals surface area contributed by atoms with Crippen molar-refractivity contribution in [3.63, 3.8) is 0 Å². The van der Waals surface area contributed by atoms with Crippen LogP contribution in [0.5, 0.6) is 0 Å². The zero-order valence-corrected chi connectivity index (χ0v) is 11.5. The van der Waals surface area contributed by atoms with Gasteiger partial charge < -0.3 is 4.74 Å². The SMILES string of the molecule is CC1(C(=O)C2CCOC3(CCSCC3)C2)CC1. The molecule has 0 bridgehead atoms. The molecule has 3 rings (SSSR count). The highest BCUT2D eigenvalue weighted by Crippen LogP contribution is 2.50. The molecule has 2 heterocycles. The second-order valence-corrected chi connectivity index (χ2v) is 7.48. The molecule has 1 atom stereocenters. The van der Waals surface area contributed by atoms with Gasteiger partial charge in [-0.1, -0.05) is 6.92 Å². The Labute approximate surface area is 108 Å². The molecule has 1 saturated carbocycles. The number of ketones is 1. The van der Waals surface area contributed by atoms with Crippen LogP contribution in [0.4, 0.5) is 0 Å². The minimum atomic E-state index is 0.0482. The van der Waals surface area contributed by atoms with Crippen LogP contribution in [0, 0.1) is 11.3 Å². The molecule has 2 saturated heterocycles. The highest BCUT2D eigenvalue weighted by atomic mass is 32.2. The van der Waals surface area contributed by atoms with Crippen LogP contribution in [-0.2, 0) is 9.53 Å². The van der Waals surface area contributed by atoms with Gasteiger partial charge in [-0.05, 0) is 50.0 Å². The van der Waals surface area contributed by atoms with Crippen molar-refractivity contribution in [1.82, 2.24) is 0 Å². The minimum Gasteiger partial charge on any atom is -0.375 e. The highest BCUT2D eigenvalue weighted by Gasteiger charge is 2.50. The zero-order chi connectivity index (χ0) is 11.9. The first kappa shape index (κ1) is 12.0. The van der Waals surface area contributed by atoms with Gasteiger partial charge in [0.2, 0.25) is 0 Å². The molecule has 3 aliphatic rings. The number of carbonyl (C=O) groups excluding carboxylic acids is 1. The molecule has 0 N–H and O–H groups in total. The van der Waals surface area contributed by atoms with E-state index in [9.17, 15) is 4.79 Å². The minimum absolute atomic E-state index is 0.0482. The van der Waals surface area contributed by atoms with E-state index >= 15 is 0 Å². The Morgan fingerprint density at radius 3 is 2.59 bits per heavy atom. The lowest BCUT2D eigenvalue weighted by molar-refractivity contribution is -0.142. The molecule has 1 unspecified atom stereocenters. The summed E-state index contributed by atoms with van der Waals surface area (Å²) >= 11 is 2.03. The number of hydrogen-bond donors (Lipinski definition) is 0. The lowest BCUT2D eigenvalue weighted by Gasteiger charge is -2.43. The summed E-state index contributed by atoms with van der Waals surface area (Å²) in [5, 5.41) is 0. The third-order valence-electron chi connectivity index (χ3n) is 4.86. The summed E-state index contributed by atoms with van der Waals surface area (Å²) in [6, 6.07) is 0. The van der Waals surface area contributed by atoms with E-state index in [0.717, 1.165) is 45.1 Å². The van der Waals surface area contributed by atoms with Crippen molar-refractivity contribution in [2.45, 2.75) is 51.0 Å². The van der Waals surface area contributed by atoms with Crippen molar-refractivity contribution in [2.24, 2.45) is 11.3 Å². The van der Waals surface area contributed by atoms with Crippen LogP contribution in [-0.4, -0.2) is 29.5 Å². The lowest BCUT2D eigenvalue weighted by atomic mass is 9.77. The summed E-state index contributed by atoms with van der Waals surface area (Å²) < 4.78 is 6.05. The molecular weight excluding hydrogens is 232 g/mol. The van der Waals surface area contributed by atoms with Gasteiger partial charge in [0, 0.05) is 17.9 Å². The molecule has 0 amide bonds. The van der Waals surface area contributed by atoms with Crippen LogP contribution in [0.15, 0.2) is 0 Å². The van der Waals surface area contributed by atoms with E-state index in [4.69, 9.17) is 4.74 Å². The van der Waals surface area contributed by atoms with E-state index in [2.05, 4.69) is 6.92 Å². The summed E-state index contributed by atoms with van der Waals surface area (Å²) in [6.45, 7) is 2.95. The Morgan fingerprint density at radius 1 is 1.24 bits per heavy atom. The second kappa shape index (κ2) is 4.27. The fraction of sp³-hybridized carbons (Fsp3) is 0.929. The van der Waals surface area contributed by atoms with Crippen molar-refractivity contribution in [1.29, 1.82) is 0 Å². The van der Waals surface area contributed by atoms with Crippen molar-refractivity contribution >= 4 is 17.5 Å². The molecular formula is C14H22O2S. The highest BCUT2D eigenvalue weighted by molar-refractivity contribution is 7.99. The van der Waals surface area contributed by atoms with E-state index in [1.165, 1.54) is 11.5 Å². The molecule has 2 aliphatic heterocycles. The number of rotatable bonds is 2. The smallest absolute Gasteiger partial charge is 0.142 e. The first-order valence-corrected chi connectivity index (χ1v) is 8.05. The maximum absolute atomic E-state index is 12.4. The largest absolute Gasteiger partial charge is 0.375 e. The molecule has 2 nitrogen and oxygen atoms in total. The standard InChI is InChI=1S/C14H22O2S/c1-13(3-4-13)12(15)11-2-7-16-14(10-11)5-8-17-9-6-14/h11H,2-10H2,1H3. The van der Waals surface area contributed by atoms with Gasteiger partial charge in [0.05, 0.1) is 5.60 Å². The van der Waals surface area contributed by atoms with Gasteiger partial charge >= 0.3 is 0 Å². The third-order valence-corrected chi connectivity index (χ3v) is 5.85. The van der Waals surface area contributed by atoms with Crippen LogP contribution in [0.2, 0.25) is 0 Å². The summed E-state index contributed by atoms with van der Waals surface area (Å²) in [5.41, 5.74) is 0.113. The van der Waals surface area contributed by atoms with Gasteiger partial charge in [0.15, 0.2) is 0 Å². The molecule has 0 radical (unpaired) electrons. The molecule has 0 aromatic rings. The number of thioether (sulfide) groups is 1. The Kier molecular flexibility index (Phi) is 3.02. The lowest BCUT2D eigenvalue weighted by Crippen LogP contribution is -2.45. The van der Waals surface area contributed by atoms with Crippen molar-refractivity contribution in [3.8, 4) is 0 Å². The van der Waals surface area contributed by atoms with E-state index in [1.807, 2.05) is 11.8 Å².